The number of benzene rings is 12. The minimum absolute atomic E-state index is 0.130. The minimum Gasteiger partial charge on any atom is -0.312 e. The van der Waals surface area contributed by atoms with Gasteiger partial charge in [0.1, 0.15) is 6.54 Å². The fourth-order valence-corrected chi connectivity index (χ4v) is 12.9. The van der Waals surface area contributed by atoms with Crippen LogP contribution in [0.5, 0.6) is 0 Å². The van der Waals surface area contributed by atoms with Crippen LogP contribution in [-0.4, -0.2) is 27.2 Å². The quantitative estimate of drug-likeness (QED) is 0.0690. The summed E-state index contributed by atoms with van der Waals surface area (Å²) < 4.78 is 5.87. The lowest BCUT2D eigenvalue weighted by molar-refractivity contribution is -0.834. The Hall–Kier alpha value is -8.58. The number of quaternary nitrogens is 1. The summed E-state index contributed by atoms with van der Waals surface area (Å²) in [5.41, 5.74) is 18.3. The molecule has 4 unspecified atom stereocenters. The maximum atomic E-state index is 7.54. The summed E-state index contributed by atoms with van der Waals surface area (Å²) in [5, 5.41) is 21.3. The number of nitrogens with one attached hydrogen (secondary N) is 1. The summed E-state index contributed by atoms with van der Waals surface area (Å²) in [5.74, 6) is 0. The molecule has 1 aliphatic rings. The molecule has 5 nitrogen and oxygen atoms in total. The molecule has 15 rings (SSSR count). The van der Waals surface area contributed by atoms with E-state index in [2.05, 4.69) is 258 Å². The first-order valence-electron chi connectivity index (χ1n) is 25.2. The molecule has 1 aliphatic heterocycles. The number of para-hydroxylation sites is 2. The Labute approximate surface area is 416 Å². The highest BCUT2D eigenvalue weighted by atomic mass is 15.6. The van der Waals surface area contributed by atoms with Gasteiger partial charge in [0.25, 0.3) is 0 Å². The van der Waals surface area contributed by atoms with E-state index in [0.717, 1.165) is 22.3 Å². The highest BCUT2D eigenvalue weighted by molar-refractivity contribution is 6.25. The van der Waals surface area contributed by atoms with Crippen LogP contribution >= 0.6 is 0 Å². The van der Waals surface area contributed by atoms with Crippen molar-refractivity contribution in [1.82, 2.24) is 14.5 Å². The van der Waals surface area contributed by atoms with Crippen molar-refractivity contribution >= 4 is 97.5 Å². The third-order valence-electron chi connectivity index (χ3n) is 16.3. The van der Waals surface area contributed by atoms with Crippen LogP contribution in [0.4, 0.5) is 0 Å². The lowest BCUT2D eigenvalue weighted by atomic mass is 9.95. The standard InChI is InChI=1S/C67H50N5/c1-72(41-62(72)43-20-3-2-4-21-43)67(69-66(68)56-39-44-22-6-8-24-46(44)49-27-11-12-28-50(49)56)53-36-38-59(52-30-14-13-29-51(52)53)70-57-33-17-16-32-55(57)64-61(70)40-45-23-7-10-26-48(45)65(64)71-58-34-18-15-31-54(58)63-47-25-9-5-19-42(47)35-37-60(63)71/h2-40,62,66-67,69H,41,68H2,1H3/q+1. The second kappa shape index (κ2) is 15.7. The second-order valence-corrected chi connectivity index (χ2v) is 20.2. The first kappa shape index (κ1) is 41.2. The number of likely N-dealkylation sites (N-methyl/N-ethyl adjacent to an activating group) is 1. The van der Waals surface area contributed by atoms with Gasteiger partial charge in [-0.1, -0.05) is 194 Å². The Balaban J connectivity index is 0.968. The molecule has 0 radical (unpaired) electrons. The zero-order valence-electron chi connectivity index (χ0n) is 39.9. The normalized spacial score (nSPS) is 16.8. The van der Waals surface area contributed by atoms with Gasteiger partial charge in [0.15, 0.2) is 12.2 Å². The van der Waals surface area contributed by atoms with Crippen molar-refractivity contribution in [1.29, 1.82) is 0 Å². The van der Waals surface area contributed by atoms with Crippen LogP contribution < -0.4 is 11.1 Å². The van der Waals surface area contributed by atoms with E-state index >= 15 is 0 Å². The molecule has 0 spiro atoms. The largest absolute Gasteiger partial charge is 0.312 e. The molecule has 2 aromatic heterocycles. The molecule has 4 atom stereocenters. The van der Waals surface area contributed by atoms with Crippen molar-refractivity contribution in [2.75, 3.05) is 13.6 Å². The van der Waals surface area contributed by atoms with Crippen LogP contribution in [0.2, 0.25) is 0 Å². The zero-order chi connectivity index (χ0) is 47.7. The first-order valence-corrected chi connectivity index (χ1v) is 25.2. The number of aromatic nitrogens is 2. The molecular weight excluding hydrogens is 875 g/mol. The lowest BCUT2D eigenvalue weighted by Crippen LogP contribution is -2.43. The van der Waals surface area contributed by atoms with Crippen molar-refractivity contribution in [2.45, 2.75) is 18.4 Å². The van der Waals surface area contributed by atoms with E-state index in [-0.39, 0.29) is 6.17 Å². The van der Waals surface area contributed by atoms with Crippen LogP contribution in [0.15, 0.2) is 237 Å². The summed E-state index contributed by atoms with van der Waals surface area (Å²) in [7, 11) is 2.40. The van der Waals surface area contributed by atoms with E-state index in [1.807, 2.05) is 0 Å². The van der Waals surface area contributed by atoms with E-state index in [1.165, 1.54) is 114 Å². The molecule has 12 aromatic carbocycles. The van der Waals surface area contributed by atoms with Gasteiger partial charge in [-0.25, -0.2) is 5.32 Å². The third kappa shape index (κ3) is 5.99. The highest BCUT2D eigenvalue weighted by Gasteiger charge is 2.58. The molecule has 5 heteroatoms. The summed E-state index contributed by atoms with van der Waals surface area (Å²) in [6, 6.07) is 87.6. The van der Waals surface area contributed by atoms with Crippen molar-refractivity contribution in [3.8, 4) is 11.4 Å². The van der Waals surface area contributed by atoms with Gasteiger partial charge in [0.2, 0.25) is 0 Å². The molecule has 1 saturated heterocycles. The van der Waals surface area contributed by atoms with E-state index in [4.69, 9.17) is 5.73 Å². The molecule has 3 heterocycles. The zero-order valence-corrected chi connectivity index (χ0v) is 39.9. The molecule has 3 N–H and O–H groups in total. The lowest BCUT2D eigenvalue weighted by Gasteiger charge is -2.32. The maximum absolute atomic E-state index is 7.54. The summed E-state index contributed by atoms with van der Waals surface area (Å²) in [6.45, 7) is 0.990. The van der Waals surface area contributed by atoms with Crippen molar-refractivity contribution < 1.29 is 4.48 Å². The Kier molecular flexibility index (Phi) is 9.00. The van der Waals surface area contributed by atoms with Gasteiger partial charge in [-0.2, -0.15) is 0 Å². The highest BCUT2D eigenvalue weighted by Crippen LogP contribution is 2.52. The van der Waals surface area contributed by atoms with Crippen LogP contribution in [0, 0.1) is 0 Å². The van der Waals surface area contributed by atoms with Crippen LogP contribution in [0.3, 0.4) is 0 Å². The maximum Gasteiger partial charge on any atom is 0.172 e. The van der Waals surface area contributed by atoms with Crippen LogP contribution in [-0.2, 0) is 0 Å². The molecular formula is C67H50N5+. The van der Waals surface area contributed by atoms with E-state index < -0.39 is 6.17 Å². The topological polar surface area (TPSA) is 47.9 Å². The van der Waals surface area contributed by atoms with Gasteiger partial charge in [-0.05, 0) is 91.1 Å². The predicted octanol–water partition coefficient (Wildman–Crippen LogP) is 16.1. The van der Waals surface area contributed by atoms with E-state index in [1.54, 1.807) is 0 Å². The van der Waals surface area contributed by atoms with Gasteiger partial charge >= 0.3 is 0 Å². The summed E-state index contributed by atoms with van der Waals surface area (Å²) >= 11 is 0. The van der Waals surface area contributed by atoms with Gasteiger partial charge in [0, 0.05) is 43.4 Å². The average molecular weight is 925 g/mol. The summed E-state index contributed by atoms with van der Waals surface area (Å²) in [6.07, 6.45) is -0.577. The van der Waals surface area contributed by atoms with E-state index in [0.29, 0.717) is 6.04 Å². The van der Waals surface area contributed by atoms with Crippen LogP contribution in [0.1, 0.15) is 35.1 Å². The average Bonchev–Trinajstić information content (AvgIpc) is 3.88. The third-order valence-corrected chi connectivity index (χ3v) is 16.3. The Morgan fingerprint density at radius 2 is 0.958 bits per heavy atom. The molecule has 1 fully saturated rings. The number of hydrogen-bond donors (Lipinski definition) is 2. The summed E-state index contributed by atoms with van der Waals surface area (Å²) in [4.78, 5) is 0. The molecule has 0 aliphatic carbocycles. The SMILES string of the molecule is C[N+]1(C(NC(N)c2cc3ccccc3c3ccccc23)c2ccc(-n3c4ccccc4c4c(-n5c6ccccc6c6c7ccccc7ccc65)c5ccccc5cc43)c3ccccc23)CC1c1ccccc1. The van der Waals surface area contributed by atoms with Gasteiger partial charge in [-0.15, -0.1) is 0 Å². The number of hydrogen-bond acceptors (Lipinski definition) is 2. The smallest absolute Gasteiger partial charge is 0.172 e. The Morgan fingerprint density at radius 3 is 1.69 bits per heavy atom. The van der Waals surface area contributed by atoms with Crippen molar-refractivity contribution in [3.63, 3.8) is 0 Å². The molecule has 0 saturated carbocycles. The molecule has 14 aromatic rings. The van der Waals surface area contributed by atoms with Crippen molar-refractivity contribution in [3.05, 3.63) is 253 Å². The number of fused-ring (bicyclic) bond motifs is 13. The Bertz CT molecular complexity index is 4530. The fourth-order valence-electron chi connectivity index (χ4n) is 12.9. The molecule has 0 bridgehead atoms. The number of nitrogens with zero attached hydrogens (tertiary/aromatic N) is 3. The minimum atomic E-state index is -0.446. The molecule has 342 valence electrons. The van der Waals surface area contributed by atoms with Crippen LogP contribution in [0.25, 0.3) is 109 Å². The fraction of sp³-hybridized carbons (Fsp3) is 0.0746. The predicted molar refractivity (Wildman–Crippen MR) is 302 cm³/mol. The number of rotatable bonds is 8. The van der Waals surface area contributed by atoms with Gasteiger partial charge < -0.3 is 14.9 Å². The second-order valence-electron chi connectivity index (χ2n) is 20.2. The Morgan fingerprint density at radius 1 is 0.417 bits per heavy atom. The number of nitrogens with two attached hydrogens (primary N) is 1. The van der Waals surface area contributed by atoms with Crippen molar-refractivity contribution in [2.24, 2.45) is 5.73 Å². The van der Waals surface area contributed by atoms with Gasteiger partial charge in [0.05, 0.1) is 46.7 Å². The van der Waals surface area contributed by atoms with Gasteiger partial charge in [-0.3, -0.25) is 4.48 Å². The monoisotopic (exact) mass is 924 g/mol. The van der Waals surface area contributed by atoms with E-state index in [9.17, 15) is 0 Å². The first-order chi connectivity index (χ1) is 35.5. The molecule has 72 heavy (non-hydrogen) atoms. The molecule has 0 amide bonds.